The van der Waals surface area contributed by atoms with Crippen molar-refractivity contribution >= 4 is 21.9 Å². The number of benzene rings is 1. The topological polar surface area (TPSA) is 106 Å². The van der Waals surface area contributed by atoms with Gasteiger partial charge in [-0.3, -0.25) is 4.79 Å². The lowest BCUT2D eigenvalue weighted by Gasteiger charge is -2.16. The highest BCUT2D eigenvalue weighted by Crippen LogP contribution is 2.21. The average Bonchev–Trinajstić information content (AvgIpc) is 3.40. The molecule has 0 radical (unpaired) electrons. The monoisotopic (exact) mass is 406 g/mol. The van der Waals surface area contributed by atoms with E-state index in [9.17, 15) is 18.0 Å². The van der Waals surface area contributed by atoms with E-state index in [1.54, 1.807) is 19.1 Å². The highest BCUT2D eigenvalue weighted by molar-refractivity contribution is 7.89. The van der Waals surface area contributed by atoms with Crippen LogP contribution in [-0.2, 0) is 19.6 Å². The number of rotatable bonds is 7. The first-order valence-electron chi connectivity index (χ1n) is 8.98. The second kappa shape index (κ2) is 8.57. The molecule has 1 aliphatic rings. The van der Waals surface area contributed by atoms with Gasteiger partial charge >= 0.3 is 5.97 Å². The zero-order valence-electron chi connectivity index (χ0n) is 15.5. The fourth-order valence-electron chi connectivity index (χ4n) is 2.97. The van der Waals surface area contributed by atoms with E-state index in [0.29, 0.717) is 18.8 Å². The summed E-state index contributed by atoms with van der Waals surface area (Å²) in [6.07, 6.45) is 3.15. The minimum atomic E-state index is -3.63. The van der Waals surface area contributed by atoms with Crippen LogP contribution >= 0.6 is 0 Å². The van der Waals surface area contributed by atoms with Gasteiger partial charge in [0.2, 0.25) is 10.0 Å². The van der Waals surface area contributed by atoms with Crippen molar-refractivity contribution in [1.29, 1.82) is 0 Å². The Bertz CT molecular complexity index is 933. The number of ether oxygens (including phenoxy) is 1. The average molecular weight is 406 g/mol. The number of carbonyl (C=O) groups excluding carboxylic acids is 2. The van der Waals surface area contributed by atoms with Crippen LogP contribution in [0.2, 0.25) is 0 Å². The van der Waals surface area contributed by atoms with Gasteiger partial charge in [-0.05, 0) is 50.1 Å². The summed E-state index contributed by atoms with van der Waals surface area (Å²) in [6, 6.07) is 8.73. The largest absolute Gasteiger partial charge is 0.467 e. The zero-order valence-corrected chi connectivity index (χ0v) is 16.3. The molecule has 9 heteroatoms. The van der Waals surface area contributed by atoms with Crippen molar-refractivity contribution in [3.8, 4) is 0 Å². The molecule has 1 N–H and O–H groups in total. The molecule has 0 spiro atoms. The van der Waals surface area contributed by atoms with Crippen molar-refractivity contribution < 1.29 is 27.2 Å². The first-order valence-corrected chi connectivity index (χ1v) is 10.4. The van der Waals surface area contributed by atoms with Gasteiger partial charge in [0.15, 0.2) is 6.61 Å². The van der Waals surface area contributed by atoms with Gasteiger partial charge in [0, 0.05) is 13.1 Å². The number of hydrogen-bond acceptors (Lipinski definition) is 6. The lowest BCUT2D eigenvalue weighted by Crippen LogP contribution is -2.31. The van der Waals surface area contributed by atoms with E-state index in [-0.39, 0.29) is 16.5 Å². The first-order chi connectivity index (χ1) is 13.4. The number of furan rings is 1. The predicted octanol–water partition coefficient (Wildman–Crippen LogP) is 2.10. The van der Waals surface area contributed by atoms with Gasteiger partial charge in [-0.1, -0.05) is 6.07 Å². The van der Waals surface area contributed by atoms with Crippen LogP contribution in [0.3, 0.4) is 0 Å². The second-order valence-electron chi connectivity index (χ2n) is 6.52. The summed E-state index contributed by atoms with van der Waals surface area (Å²) in [4.78, 5) is 24.2. The number of nitrogens with one attached hydrogen (secondary N) is 1. The summed E-state index contributed by atoms with van der Waals surface area (Å²) in [5, 5.41) is 2.65. The predicted molar refractivity (Wildman–Crippen MR) is 100.0 cm³/mol. The van der Waals surface area contributed by atoms with E-state index in [1.165, 1.54) is 34.8 Å². The smallest absolute Gasteiger partial charge is 0.338 e. The lowest BCUT2D eigenvalue weighted by molar-refractivity contribution is -0.125. The molecular formula is C19H22N2O6S. The summed E-state index contributed by atoms with van der Waals surface area (Å²) in [5.74, 6) is -0.670. The van der Waals surface area contributed by atoms with Crippen molar-refractivity contribution in [3.05, 3.63) is 54.0 Å². The third-order valence-corrected chi connectivity index (χ3v) is 6.35. The molecule has 1 aliphatic heterocycles. The second-order valence-corrected chi connectivity index (χ2v) is 8.46. The minimum absolute atomic E-state index is 0.0414. The Hall–Kier alpha value is -2.65. The molecule has 1 aromatic heterocycles. The minimum Gasteiger partial charge on any atom is -0.467 e. The Labute approximate surface area is 163 Å². The lowest BCUT2D eigenvalue weighted by atomic mass is 10.2. The number of carbonyl (C=O) groups is 2. The van der Waals surface area contributed by atoms with Crippen molar-refractivity contribution in [2.24, 2.45) is 0 Å². The van der Waals surface area contributed by atoms with E-state index in [4.69, 9.17) is 9.15 Å². The van der Waals surface area contributed by atoms with Crippen LogP contribution < -0.4 is 5.32 Å². The molecule has 2 heterocycles. The molecule has 1 amide bonds. The van der Waals surface area contributed by atoms with Gasteiger partial charge in [0.05, 0.1) is 22.8 Å². The maximum Gasteiger partial charge on any atom is 0.338 e. The van der Waals surface area contributed by atoms with E-state index in [2.05, 4.69) is 5.32 Å². The fraction of sp³-hybridized carbons (Fsp3) is 0.368. The van der Waals surface area contributed by atoms with Crippen molar-refractivity contribution in [2.75, 3.05) is 19.7 Å². The van der Waals surface area contributed by atoms with Crippen LogP contribution in [0.15, 0.2) is 52.0 Å². The number of sulfonamides is 1. The van der Waals surface area contributed by atoms with Gasteiger partial charge < -0.3 is 14.5 Å². The molecule has 1 aromatic carbocycles. The number of amides is 1. The van der Waals surface area contributed by atoms with E-state index < -0.39 is 28.5 Å². The van der Waals surface area contributed by atoms with E-state index >= 15 is 0 Å². The number of hydrogen-bond donors (Lipinski definition) is 1. The Morgan fingerprint density at radius 2 is 1.96 bits per heavy atom. The Morgan fingerprint density at radius 1 is 1.21 bits per heavy atom. The highest BCUT2D eigenvalue weighted by atomic mass is 32.2. The maximum atomic E-state index is 12.6. The molecule has 0 bridgehead atoms. The van der Waals surface area contributed by atoms with Crippen LogP contribution in [0.1, 0.15) is 41.9 Å². The summed E-state index contributed by atoms with van der Waals surface area (Å²) < 4.78 is 36.8. The standard InChI is InChI=1S/C19H22N2O6S/c1-14(17-8-5-11-26-17)20-18(22)13-27-19(23)15-6-4-7-16(12-15)28(24,25)21-9-2-3-10-21/h4-8,11-12,14H,2-3,9-10,13H2,1H3,(H,20,22)/t14-/m1/s1. The Morgan fingerprint density at radius 3 is 2.64 bits per heavy atom. The molecule has 28 heavy (non-hydrogen) atoms. The Kier molecular flexibility index (Phi) is 6.15. The summed E-state index contributed by atoms with van der Waals surface area (Å²) in [5.41, 5.74) is 0.0761. The van der Waals surface area contributed by atoms with Crippen LogP contribution in [-0.4, -0.2) is 44.3 Å². The third kappa shape index (κ3) is 4.60. The molecule has 0 unspecified atom stereocenters. The van der Waals surface area contributed by atoms with Gasteiger partial charge in [-0.25, -0.2) is 13.2 Å². The van der Waals surface area contributed by atoms with Crippen LogP contribution in [0, 0.1) is 0 Å². The molecular weight excluding hydrogens is 384 g/mol. The maximum absolute atomic E-state index is 12.6. The third-order valence-electron chi connectivity index (χ3n) is 4.45. The van der Waals surface area contributed by atoms with Gasteiger partial charge in [0.25, 0.3) is 5.91 Å². The summed E-state index contributed by atoms with van der Waals surface area (Å²) in [7, 11) is -3.63. The van der Waals surface area contributed by atoms with Gasteiger partial charge in [0.1, 0.15) is 5.76 Å². The summed E-state index contributed by atoms with van der Waals surface area (Å²) in [6.45, 7) is 2.22. The number of nitrogens with zero attached hydrogens (tertiary/aromatic N) is 1. The van der Waals surface area contributed by atoms with Gasteiger partial charge in [-0.2, -0.15) is 4.31 Å². The van der Waals surface area contributed by atoms with Crippen LogP contribution in [0.25, 0.3) is 0 Å². The summed E-state index contributed by atoms with van der Waals surface area (Å²) >= 11 is 0. The number of esters is 1. The first kappa shape index (κ1) is 20.1. The molecule has 1 saturated heterocycles. The van der Waals surface area contributed by atoms with Crippen LogP contribution in [0.5, 0.6) is 0 Å². The molecule has 0 aliphatic carbocycles. The van der Waals surface area contributed by atoms with Crippen molar-refractivity contribution in [2.45, 2.75) is 30.7 Å². The molecule has 150 valence electrons. The molecule has 1 fully saturated rings. The fourth-order valence-corrected chi connectivity index (χ4v) is 4.53. The van der Waals surface area contributed by atoms with Crippen molar-refractivity contribution in [3.63, 3.8) is 0 Å². The molecule has 8 nitrogen and oxygen atoms in total. The van der Waals surface area contributed by atoms with Gasteiger partial charge in [-0.15, -0.1) is 0 Å². The zero-order chi connectivity index (χ0) is 20.1. The molecule has 0 saturated carbocycles. The highest BCUT2D eigenvalue weighted by Gasteiger charge is 2.27. The van der Waals surface area contributed by atoms with E-state index in [0.717, 1.165) is 12.8 Å². The molecule has 2 aromatic rings. The normalized spacial score (nSPS) is 15.9. The molecule has 3 rings (SSSR count). The van der Waals surface area contributed by atoms with Crippen molar-refractivity contribution in [1.82, 2.24) is 9.62 Å². The quantitative estimate of drug-likeness (QED) is 0.706. The molecule has 1 atom stereocenters. The van der Waals surface area contributed by atoms with E-state index in [1.807, 2.05) is 0 Å². The SMILES string of the molecule is C[C@@H](NC(=O)COC(=O)c1cccc(S(=O)(=O)N2CCCC2)c1)c1ccco1. The Balaban J connectivity index is 1.59. The van der Waals surface area contributed by atoms with Crippen LogP contribution in [0.4, 0.5) is 0 Å².